The number of rotatable bonds is 4. The van der Waals surface area contributed by atoms with Crippen molar-refractivity contribution in [3.8, 4) is 0 Å². The third-order valence-electron chi connectivity index (χ3n) is 3.17. The zero-order valence-electron chi connectivity index (χ0n) is 11.7. The summed E-state index contributed by atoms with van der Waals surface area (Å²) in [5, 5.41) is 0. The summed E-state index contributed by atoms with van der Waals surface area (Å²) < 4.78 is 2.23. The fourth-order valence-corrected chi connectivity index (χ4v) is 2.10. The van der Waals surface area contributed by atoms with E-state index in [1.165, 1.54) is 11.4 Å². The maximum Gasteiger partial charge on any atom is 0.205 e. The van der Waals surface area contributed by atoms with Gasteiger partial charge in [-0.1, -0.05) is 12.2 Å². The lowest BCUT2D eigenvalue weighted by atomic mass is 10.2. The molecule has 0 saturated carbocycles. The molecule has 0 fully saturated rings. The molecule has 19 heavy (non-hydrogen) atoms. The van der Waals surface area contributed by atoms with Crippen molar-refractivity contribution >= 4 is 6.08 Å². The van der Waals surface area contributed by atoms with Gasteiger partial charge in [-0.05, 0) is 38.1 Å². The minimum atomic E-state index is 0.987. The van der Waals surface area contributed by atoms with Gasteiger partial charge in [0.15, 0.2) is 6.20 Å². The van der Waals surface area contributed by atoms with Gasteiger partial charge in [0.2, 0.25) is 5.69 Å². The maximum absolute atomic E-state index is 2.23. The van der Waals surface area contributed by atoms with Crippen molar-refractivity contribution < 1.29 is 4.57 Å². The van der Waals surface area contributed by atoms with Crippen LogP contribution in [0.15, 0.2) is 66.7 Å². The van der Waals surface area contributed by atoms with E-state index in [9.17, 15) is 0 Å². The van der Waals surface area contributed by atoms with Crippen LogP contribution < -0.4 is 4.57 Å². The van der Waals surface area contributed by atoms with Gasteiger partial charge in [-0.25, -0.2) is 0 Å². The van der Waals surface area contributed by atoms with E-state index in [4.69, 9.17) is 0 Å². The molecule has 1 aromatic rings. The smallest absolute Gasteiger partial charge is 0.205 e. The van der Waals surface area contributed by atoms with Crippen LogP contribution in [0.2, 0.25) is 0 Å². The molecule has 0 amide bonds. The van der Waals surface area contributed by atoms with Crippen molar-refractivity contribution in [2.45, 2.75) is 20.4 Å². The summed E-state index contributed by atoms with van der Waals surface area (Å²) in [4.78, 5) is 2.23. The number of allylic oxidation sites excluding steroid dienone is 5. The summed E-state index contributed by atoms with van der Waals surface area (Å²) in [7, 11) is 0. The molecule has 0 atom stereocenters. The Labute approximate surface area is 115 Å². The van der Waals surface area contributed by atoms with E-state index >= 15 is 0 Å². The number of aromatic nitrogens is 1. The van der Waals surface area contributed by atoms with Crippen LogP contribution in [-0.4, -0.2) is 11.4 Å². The molecule has 0 radical (unpaired) electrons. The molecule has 98 valence electrons. The molecule has 1 aromatic heterocycles. The maximum atomic E-state index is 2.23. The zero-order chi connectivity index (χ0) is 13.5. The molecule has 0 aromatic carbocycles. The lowest BCUT2D eigenvalue weighted by molar-refractivity contribution is -0.695. The first-order chi connectivity index (χ1) is 9.35. The molecular weight excluding hydrogens is 232 g/mol. The van der Waals surface area contributed by atoms with Crippen LogP contribution in [0, 0.1) is 0 Å². The van der Waals surface area contributed by atoms with E-state index < -0.39 is 0 Å². The second-order valence-corrected chi connectivity index (χ2v) is 4.35. The Morgan fingerprint density at radius 3 is 2.89 bits per heavy atom. The van der Waals surface area contributed by atoms with Crippen LogP contribution in [0.25, 0.3) is 6.08 Å². The van der Waals surface area contributed by atoms with Gasteiger partial charge in [-0.2, -0.15) is 4.57 Å². The number of hydrogen-bond acceptors (Lipinski definition) is 1. The first kappa shape index (κ1) is 13.3. The van der Waals surface area contributed by atoms with E-state index in [1.807, 2.05) is 0 Å². The predicted octanol–water partition coefficient (Wildman–Crippen LogP) is 3.30. The predicted molar refractivity (Wildman–Crippen MR) is 80.1 cm³/mol. The number of nitrogens with zero attached hydrogens (tertiary/aromatic N) is 2. The van der Waals surface area contributed by atoms with Crippen LogP contribution >= 0.6 is 0 Å². The summed E-state index contributed by atoms with van der Waals surface area (Å²) in [6.45, 7) is 6.29. The SMILES string of the molecule is CCN1C=CC=C/C1=C/C=C/c1cccc[n+]1CC. The molecule has 2 rings (SSSR count). The lowest BCUT2D eigenvalue weighted by Gasteiger charge is -2.21. The quantitative estimate of drug-likeness (QED) is 0.747. The van der Waals surface area contributed by atoms with Crippen molar-refractivity contribution in [1.82, 2.24) is 4.90 Å². The molecule has 2 nitrogen and oxygen atoms in total. The van der Waals surface area contributed by atoms with Gasteiger partial charge in [-0.15, -0.1) is 0 Å². The van der Waals surface area contributed by atoms with Crippen molar-refractivity contribution in [3.05, 3.63) is 72.4 Å². The number of hydrogen-bond donors (Lipinski definition) is 0. The third-order valence-corrected chi connectivity index (χ3v) is 3.17. The first-order valence-electron chi connectivity index (χ1n) is 6.83. The third kappa shape index (κ3) is 3.44. The number of likely N-dealkylation sites (N-methyl/N-ethyl adjacent to an activating group) is 1. The van der Waals surface area contributed by atoms with Crippen molar-refractivity contribution in [1.29, 1.82) is 0 Å². The standard InChI is InChI=1S/C17H21N2/c1-3-18-14-7-5-10-16(18)12-9-13-17-11-6-8-15-19(17)4-2/h5-15H,3-4H2,1-2H3/q+1. The van der Waals surface area contributed by atoms with Gasteiger partial charge in [0, 0.05) is 36.7 Å². The minimum absolute atomic E-state index is 0.987. The Bertz CT molecular complexity index is 536. The van der Waals surface area contributed by atoms with Crippen LogP contribution in [0.5, 0.6) is 0 Å². The molecule has 0 bridgehead atoms. The highest BCUT2D eigenvalue weighted by molar-refractivity contribution is 5.45. The molecule has 0 unspecified atom stereocenters. The normalized spacial score (nSPS) is 16.7. The lowest BCUT2D eigenvalue weighted by Crippen LogP contribution is -2.34. The van der Waals surface area contributed by atoms with Crippen LogP contribution in [0.3, 0.4) is 0 Å². The summed E-state index contributed by atoms with van der Waals surface area (Å²) >= 11 is 0. The van der Waals surface area contributed by atoms with E-state index in [1.54, 1.807) is 0 Å². The first-order valence-corrected chi connectivity index (χ1v) is 6.83. The Kier molecular flexibility index (Phi) is 4.73. The zero-order valence-corrected chi connectivity index (χ0v) is 11.7. The van der Waals surface area contributed by atoms with Crippen molar-refractivity contribution in [2.75, 3.05) is 6.54 Å². The van der Waals surface area contributed by atoms with E-state index in [2.05, 4.69) is 90.4 Å². The largest absolute Gasteiger partial charge is 0.348 e. The Balaban J connectivity index is 2.15. The summed E-state index contributed by atoms with van der Waals surface area (Å²) in [5.41, 5.74) is 2.44. The molecule has 2 heteroatoms. The van der Waals surface area contributed by atoms with Gasteiger partial charge in [0.25, 0.3) is 0 Å². The minimum Gasteiger partial charge on any atom is -0.348 e. The molecule has 0 aliphatic carbocycles. The molecule has 2 heterocycles. The van der Waals surface area contributed by atoms with Crippen LogP contribution in [0.4, 0.5) is 0 Å². The number of aryl methyl sites for hydroxylation is 1. The van der Waals surface area contributed by atoms with Gasteiger partial charge >= 0.3 is 0 Å². The highest BCUT2D eigenvalue weighted by atomic mass is 15.1. The van der Waals surface area contributed by atoms with Gasteiger partial charge in [-0.3, -0.25) is 0 Å². The highest BCUT2D eigenvalue weighted by Crippen LogP contribution is 2.12. The highest BCUT2D eigenvalue weighted by Gasteiger charge is 2.03. The summed E-state index contributed by atoms with van der Waals surface area (Å²) in [6, 6.07) is 6.26. The average molecular weight is 253 g/mol. The van der Waals surface area contributed by atoms with Crippen molar-refractivity contribution in [2.24, 2.45) is 0 Å². The van der Waals surface area contributed by atoms with Gasteiger partial charge < -0.3 is 4.90 Å². The van der Waals surface area contributed by atoms with Gasteiger partial charge in [0.1, 0.15) is 6.54 Å². The Morgan fingerprint density at radius 2 is 2.11 bits per heavy atom. The Hall–Kier alpha value is -2.09. The molecule has 0 N–H and O–H groups in total. The molecule has 1 aliphatic heterocycles. The average Bonchev–Trinajstić information content (AvgIpc) is 2.48. The van der Waals surface area contributed by atoms with E-state index in [0.717, 1.165) is 13.1 Å². The monoisotopic (exact) mass is 253 g/mol. The topological polar surface area (TPSA) is 7.12 Å². The van der Waals surface area contributed by atoms with Crippen molar-refractivity contribution in [3.63, 3.8) is 0 Å². The molecule has 0 spiro atoms. The molecule has 0 saturated heterocycles. The second kappa shape index (κ2) is 6.74. The van der Waals surface area contributed by atoms with E-state index in [0.29, 0.717) is 0 Å². The fraction of sp³-hybridized carbons (Fsp3) is 0.235. The Morgan fingerprint density at radius 1 is 1.21 bits per heavy atom. The molecule has 1 aliphatic rings. The fourth-order valence-electron chi connectivity index (χ4n) is 2.10. The van der Waals surface area contributed by atoms with Crippen LogP contribution in [-0.2, 0) is 6.54 Å². The second-order valence-electron chi connectivity index (χ2n) is 4.35. The summed E-state index contributed by atoms with van der Waals surface area (Å²) in [6.07, 6.45) is 16.9. The molecular formula is C17H21N2+. The number of pyridine rings is 1. The van der Waals surface area contributed by atoms with Crippen LogP contribution in [0.1, 0.15) is 19.5 Å². The van der Waals surface area contributed by atoms with E-state index in [-0.39, 0.29) is 0 Å². The summed E-state index contributed by atoms with van der Waals surface area (Å²) in [5.74, 6) is 0. The van der Waals surface area contributed by atoms with Gasteiger partial charge in [0.05, 0.1) is 0 Å².